The lowest BCUT2D eigenvalue weighted by Gasteiger charge is -2.01. The van der Waals surface area contributed by atoms with Crippen LogP contribution in [0.4, 0.5) is 0 Å². The van der Waals surface area contributed by atoms with Gasteiger partial charge in [0, 0.05) is 37.7 Å². The molecule has 1 aliphatic heterocycles. The highest BCUT2D eigenvalue weighted by Gasteiger charge is 2.23. The molecule has 0 atom stereocenters. The fraction of sp³-hybridized carbons (Fsp3) is 0.188. The van der Waals surface area contributed by atoms with Gasteiger partial charge in [0.2, 0.25) is 0 Å². The molecule has 0 unspecified atom stereocenters. The van der Waals surface area contributed by atoms with Crippen molar-refractivity contribution in [3.8, 4) is 11.4 Å². The summed E-state index contributed by atoms with van der Waals surface area (Å²) >= 11 is 3.49. The van der Waals surface area contributed by atoms with E-state index in [1.165, 1.54) is 27.9 Å². The number of nitrogens with zero attached hydrogens (tertiary/aromatic N) is 3. The first-order valence-corrected chi connectivity index (χ1v) is 9.46. The second kappa shape index (κ2) is 5.42. The lowest BCUT2D eigenvalue weighted by molar-refractivity contribution is 0.973. The first-order valence-electron chi connectivity index (χ1n) is 7.65. The van der Waals surface area contributed by atoms with E-state index in [-0.39, 0.29) is 0 Å². The van der Waals surface area contributed by atoms with Crippen molar-refractivity contribution in [2.24, 2.45) is 0 Å². The Balaban J connectivity index is 1.65. The largest absolute Gasteiger partial charge is 0.352 e. The average Bonchev–Trinajstić information content (AvgIpc) is 3.26. The molecule has 0 saturated heterocycles. The Kier molecular flexibility index (Phi) is 3.20. The molecule has 0 radical (unpaired) electrons. The molecular weight excluding hydrogens is 340 g/mol. The second-order valence-corrected chi connectivity index (χ2v) is 7.87. The molecule has 0 saturated carbocycles. The number of aromatic amines is 3. The van der Waals surface area contributed by atoms with Crippen LogP contribution in [0.15, 0.2) is 39.5 Å². The predicted octanol–water partition coefficient (Wildman–Crippen LogP) is 3.78. The number of aromatic nitrogens is 6. The van der Waals surface area contributed by atoms with E-state index in [1.807, 2.05) is 11.8 Å². The molecule has 0 amide bonds. The molecule has 1 aromatic carbocycles. The molecule has 0 spiro atoms. The summed E-state index contributed by atoms with van der Waals surface area (Å²) in [6.07, 6.45) is 2.57. The summed E-state index contributed by atoms with van der Waals surface area (Å²) in [5.74, 6) is 1.06. The van der Waals surface area contributed by atoms with Crippen LogP contribution in [0.25, 0.3) is 22.3 Å². The van der Waals surface area contributed by atoms with Crippen molar-refractivity contribution in [3.05, 3.63) is 35.8 Å². The smallest absolute Gasteiger partial charge is 0.188 e. The maximum absolute atomic E-state index is 4.54. The number of aryl methyl sites for hydroxylation is 1. The zero-order chi connectivity index (χ0) is 16.1. The van der Waals surface area contributed by atoms with Gasteiger partial charge in [0.25, 0.3) is 0 Å². The Morgan fingerprint density at radius 1 is 1.25 bits per heavy atom. The first kappa shape index (κ1) is 14.2. The molecule has 4 heterocycles. The van der Waals surface area contributed by atoms with E-state index in [1.54, 1.807) is 11.8 Å². The van der Waals surface area contributed by atoms with E-state index in [0.29, 0.717) is 0 Å². The maximum atomic E-state index is 4.54. The molecule has 24 heavy (non-hydrogen) atoms. The van der Waals surface area contributed by atoms with E-state index in [2.05, 4.69) is 55.5 Å². The van der Waals surface area contributed by atoms with E-state index >= 15 is 0 Å². The maximum Gasteiger partial charge on any atom is 0.188 e. The monoisotopic (exact) mass is 354 g/mol. The first-order chi connectivity index (χ1) is 11.8. The molecule has 6 nitrogen and oxygen atoms in total. The molecule has 1 aliphatic rings. The van der Waals surface area contributed by atoms with Gasteiger partial charge in [0.1, 0.15) is 12.0 Å². The molecule has 3 N–H and O–H groups in total. The van der Waals surface area contributed by atoms with Crippen molar-refractivity contribution in [2.45, 2.75) is 28.3 Å². The third-order valence-electron chi connectivity index (χ3n) is 4.24. The lowest BCUT2D eigenvalue weighted by Crippen LogP contribution is -1.89. The normalized spacial score (nSPS) is 13.7. The van der Waals surface area contributed by atoms with Crippen LogP contribution in [0.1, 0.15) is 11.3 Å². The molecule has 0 aliphatic carbocycles. The van der Waals surface area contributed by atoms with Gasteiger partial charge in [-0.1, -0.05) is 11.8 Å². The molecular formula is C16H14N6S2. The fourth-order valence-electron chi connectivity index (χ4n) is 3.10. The van der Waals surface area contributed by atoms with E-state index in [4.69, 9.17) is 0 Å². The Labute approximate surface area is 146 Å². The number of hydrogen-bond acceptors (Lipinski definition) is 5. The molecule has 8 heteroatoms. The third kappa shape index (κ3) is 2.17. The van der Waals surface area contributed by atoms with Gasteiger partial charge in [-0.05, 0) is 31.5 Å². The highest BCUT2D eigenvalue weighted by atomic mass is 32.2. The molecule has 5 rings (SSSR count). The van der Waals surface area contributed by atoms with Gasteiger partial charge in [-0.15, -0.1) is 11.8 Å². The average molecular weight is 354 g/mol. The summed E-state index contributed by atoms with van der Waals surface area (Å²) < 4.78 is 0. The summed E-state index contributed by atoms with van der Waals surface area (Å²) in [6, 6.07) is 6.45. The molecule has 0 bridgehead atoms. The SMILES string of the molecule is Cc1[nH]nc2c1CCSc1c-2[nH]c2ccc(Sc3ncn[nH]3)cc12. The van der Waals surface area contributed by atoms with E-state index in [9.17, 15) is 0 Å². The fourth-order valence-corrected chi connectivity index (χ4v) is 4.96. The summed E-state index contributed by atoms with van der Waals surface area (Å²) in [7, 11) is 0. The molecule has 120 valence electrons. The minimum Gasteiger partial charge on any atom is -0.352 e. The number of thioether (sulfide) groups is 1. The van der Waals surface area contributed by atoms with Crippen LogP contribution in [0.3, 0.4) is 0 Å². The van der Waals surface area contributed by atoms with Crippen molar-refractivity contribution in [3.63, 3.8) is 0 Å². The van der Waals surface area contributed by atoms with Gasteiger partial charge in [-0.25, -0.2) is 4.98 Å². The second-order valence-electron chi connectivity index (χ2n) is 5.70. The van der Waals surface area contributed by atoms with Gasteiger partial charge in [0.15, 0.2) is 5.16 Å². The van der Waals surface area contributed by atoms with Crippen molar-refractivity contribution in [1.29, 1.82) is 0 Å². The lowest BCUT2D eigenvalue weighted by atomic mass is 10.1. The van der Waals surface area contributed by atoms with E-state index < -0.39 is 0 Å². The molecule has 4 aromatic rings. The van der Waals surface area contributed by atoms with Gasteiger partial charge in [-0.2, -0.15) is 10.2 Å². The number of benzene rings is 1. The van der Waals surface area contributed by atoms with Crippen LogP contribution in [0, 0.1) is 6.92 Å². The summed E-state index contributed by atoms with van der Waals surface area (Å²) in [6.45, 7) is 2.09. The molecule has 0 fully saturated rings. The van der Waals surface area contributed by atoms with Crippen molar-refractivity contribution >= 4 is 34.4 Å². The van der Waals surface area contributed by atoms with Gasteiger partial charge < -0.3 is 4.98 Å². The standard InChI is InChI=1S/C16H14N6S2/c1-8-10-4-5-23-15-11-6-9(24-16-17-7-18-22-16)2-3-12(11)19-14(15)13(10)21-20-8/h2-3,6-7,19H,4-5H2,1H3,(H,20,21)(H,17,18,22). The van der Waals surface area contributed by atoms with Crippen LogP contribution in [0.5, 0.6) is 0 Å². The van der Waals surface area contributed by atoms with Crippen LogP contribution in [-0.2, 0) is 6.42 Å². The van der Waals surface area contributed by atoms with Gasteiger partial charge in [-0.3, -0.25) is 10.2 Å². The predicted molar refractivity (Wildman–Crippen MR) is 95.6 cm³/mol. The highest BCUT2D eigenvalue weighted by molar-refractivity contribution is 7.99. The van der Waals surface area contributed by atoms with E-state index in [0.717, 1.165) is 39.1 Å². The number of H-pyrrole nitrogens is 3. The zero-order valence-electron chi connectivity index (χ0n) is 12.9. The Bertz CT molecular complexity index is 1030. The van der Waals surface area contributed by atoms with Crippen molar-refractivity contribution in [1.82, 2.24) is 30.4 Å². The summed E-state index contributed by atoms with van der Waals surface area (Å²) in [5.41, 5.74) is 5.83. The Morgan fingerprint density at radius 2 is 2.21 bits per heavy atom. The minimum atomic E-state index is 0.800. The van der Waals surface area contributed by atoms with Crippen LogP contribution in [0.2, 0.25) is 0 Å². The van der Waals surface area contributed by atoms with Crippen LogP contribution < -0.4 is 0 Å². The molecule has 3 aromatic heterocycles. The van der Waals surface area contributed by atoms with Crippen LogP contribution >= 0.6 is 23.5 Å². The number of hydrogen-bond donors (Lipinski definition) is 3. The van der Waals surface area contributed by atoms with Crippen molar-refractivity contribution < 1.29 is 0 Å². The number of nitrogens with one attached hydrogen (secondary N) is 3. The zero-order valence-corrected chi connectivity index (χ0v) is 14.5. The topological polar surface area (TPSA) is 86.0 Å². The Hall–Kier alpha value is -2.19. The van der Waals surface area contributed by atoms with Gasteiger partial charge >= 0.3 is 0 Å². The summed E-state index contributed by atoms with van der Waals surface area (Å²) in [4.78, 5) is 10.2. The Morgan fingerprint density at radius 3 is 3.08 bits per heavy atom. The summed E-state index contributed by atoms with van der Waals surface area (Å²) in [5, 5.41) is 16.5. The van der Waals surface area contributed by atoms with Gasteiger partial charge in [0.05, 0.1) is 5.69 Å². The number of rotatable bonds is 2. The minimum absolute atomic E-state index is 0.800. The number of fused-ring (bicyclic) bond motifs is 5. The van der Waals surface area contributed by atoms with Crippen LogP contribution in [-0.4, -0.2) is 36.1 Å². The third-order valence-corrected chi connectivity index (χ3v) is 6.24. The van der Waals surface area contributed by atoms with Crippen molar-refractivity contribution in [2.75, 3.05) is 5.75 Å². The highest BCUT2D eigenvalue weighted by Crippen LogP contribution is 2.43. The quantitative estimate of drug-likeness (QED) is 0.510.